The molecule has 0 N–H and O–H groups in total. The summed E-state index contributed by atoms with van der Waals surface area (Å²) in [6, 6.07) is 0. The van der Waals surface area contributed by atoms with Crippen LogP contribution in [0.4, 0.5) is 0 Å². The third-order valence-electron chi connectivity index (χ3n) is 5.55. The van der Waals surface area contributed by atoms with Crippen molar-refractivity contribution in [2.24, 2.45) is 0 Å². The number of hydrogen-bond acceptors (Lipinski definition) is 4. The van der Waals surface area contributed by atoms with E-state index >= 15 is 0 Å². The normalized spacial score (nSPS) is 11.7. The molecule has 0 aromatic carbocycles. The second-order valence-electron chi connectivity index (χ2n) is 8.31. The van der Waals surface area contributed by atoms with Crippen LogP contribution < -0.4 is 0 Å². The molecule has 31 heavy (non-hydrogen) atoms. The van der Waals surface area contributed by atoms with Gasteiger partial charge in [-0.2, -0.15) is 0 Å². The summed E-state index contributed by atoms with van der Waals surface area (Å²) in [6.45, 7) is 9.32. The van der Waals surface area contributed by atoms with E-state index in [1.165, 1.54) is 44.9 Å². The minimum atomic E-state index is -0.249. The van der Waals surface area contributed by atoms with Crippen molar-refractivity contribution in [3.63, 3.8) is 0 Å². The average Bonchev–Trinajstić information content (AvgIpc) is 2.78. The van der Waals surface area contributed by atoms with Crippen molar-refractivity contribution < 1.29 is 14.3 Å². The molecule has 0 bridgehead atoms. The number of rotatable bonds is 22. The zero-order valence-electron chi connectivity index (χ0n) is 20.7. The monoisotopic (exact) mass is 435 g/mol. The molecular formula is C27H49NO3. The van der Waals surface area contributed by atoms with Crippen LogP contribution in [-0.4, -0.2) is 42.9 Å². The van der Waals surface area contributed by atoms with Crippen LogP contribution in [0.15, 0.2) is 24.3 Å². The van der Waals surface area contributed by atoms with E-state index in [1.54, 1.807) is 0 Å². The highest BCUT2D eigenvalue weighted by molar-refractivity contribution is 5.82. The summed E-state index contributed by atoms with van der Waals surface area (Å²) < 4.78 is 5.11. The largest absolute Gasteiger partial charge is 0.458 e. The minimum absolute atomic E-state index is 0.0442. The third-order valence-corrected chi connectivity index (χ3v) is 5.55. The first kappa shape index (κ1) is 29.6. The summed E-state index contributed by atoms with van der Waals surface area (Å²) in [4.78, 5) is 25.9. The number of Topliss-reactive ketones (excluding diaryl/α,β-unsaturated/α-hetero) is 1. The highest BCUT2D eigenvalue weighted by Gasteiger charge is 2.08. The van der Waals surface area contributed by atoms with Gasteiger partial charge in [0, 0.05) is 12.8 Å². The van der Waals surface area contributed by atoms with Crippen molar-refractivity contribution in [2.75, 3.05) is 26.2 Å². The Labute approximate surface area is 192 Å². The van der Waals surface area contributed by atoms with E-state index in [9.17, 15) is 9.59 Å². The summed E-state index contributed by atoms with van der Waals surface area (Å²) >= 11 is 0. The molecule has 0 rings (SSSR count). The van der Waals surface area contributed by atoms with Gasteiger partial charge in [0.05, 0.1) is 0 Å². The van der Waals surface area contributed by atoms with E-state index in [0.717, 1.165) is 51.7 Å². The summed E-state index contributed by atoms with van der Waals surface area (Å²) in [5.74, 6) is -0.205. The SMILES string of the molecule is CCCCC/C=C\C/C=C\CCCCCCCC(=O)COC(=O)CCCN(CC)CC. The highest BCUT2D eigenvalue weighted by atomic mass is 16.5. The summed E-state index contributed by atoms with van der Waals surface area (Å²) in [6.07, 6.45) is 23.8. The average molecular weight is 436 g/mol. The lowest BCUT2D eigenvalue weighted by Gasteiger charge is -2.17. The number of carbonyl (C=O) groups excluding carboxylic acids is 2. The number of esters is 1. The van der Waals surface area contributed by atoms with Crippen LogP contribution in [0, 0.1) is 0 Å². The molecule has 0 aromatic rings. The minimum Gasteiger partial charge on any atom is -0.458 e. The van der Waals surface area contributed by atoms with E-state index in [-0.39, 0.29) is 18.4 Å². The maximum absolute atomic E-state index is 11.9. The Morgan fingerprint density at radius 1 is 0.710 bits per heavy atom. The van der Waals surface area contributed by atoms with E-state index < -0.39 is 0 Å². The Morgan fingerprint density at radius 2 is 1.32 bits per heavy atom. The lowest BCUT2D eigenvalue weighted by Crippen LogP contribution is -2.24. The number of ketones is 1. The quantitative estimate of drug-likeness (QED) is 0.104. The van der Waals surface area contributed by atoms with Gasteiger partial charge in [0.1, 0.15) is 6.61 Å². The summed E-state index contributed by atoms with van der Waals surface area (Å²) in [7, 11) is 0. The Bertz CT molecular complexity index is 481. The van der Waals surface area contributed by atoms with Crippen LogP contribution in [-0.2, 0) is 14.3 Å². The van der Waals surface area contributed by atoms with Gasteiger partial charge in [-0.1, -0.05) is 77.2 Å². The van der Waals surface area contributed by atoms with Gasteiger partial charge in [0.2, 0.25) is 0 Å². The molecule has 4 nitrogen and oxygen atoms in total. The Hall–Kier alpha value is -1.42. The Morgan fingerprint density at radius 3 is 1.97 bits per heavy atom. The summed E-state index contributed by atoms with van der Waals surface area (Å²) in [5, 5.41) is 0. The molecule has 0 aliphatic rings. The second-order valence-corrected chi connectivity index (χ2v) is 8.31. The molecule has 0 heterocycles. The van der Waals surface area contributed by atoms with Crippen molar-refractivity contribution in [3.8, 4) is 0 Å². The molecule has 180 valence electrons. The molecule has 0 aromatic heterocycles. The fourth-order valence-electron chi connectivity index (χ4n) is 3.43. The number of carbonyl (C=O) groups is 2. The van der Waals surface area contributed by atoms with Gasteiger partial charge in [-0.05, 0) is 64.6 Å². The topological polar surface area (TPSA) is 46.6 Å². The van der Waals surface area contributed by atoms with Crippen molar-refractivity contribution in [3.05, 3.63) is 24.3 Å². The van der Waals surface area contributed by atoms with Gasteiger partial charge in [-0.15, -0.1) is 0 Å². The number of allylic oxidation sites excluding steroid dienone is 4. The molecule has 0 radical (unpaired) electrons. The molecule has 0 atom stereocenters. The first-order valence-electron chi connectivity index (χ1n) is 12.8. The third kappa shape index (κ3) is 21.6. The smallest absolute Gasteiger partial charge is 0.306 e. The van der Waals surface area contributed by atoms with Gasteiger partial charge in [0.25, 0.3) is 0 Å². The van der Waals surface area contributed by atoms with Gasteiger partial charge < -0.3 is 9.64 Å². The predicted molar refractivity (Wildman–Crippen MR) is 132 cm³/mol. The van der Waals surface area contributed by atoms with Crippen LogP contribution in [0.2, 0.25) is 0 Å². The molecule has 0 amide bonds. The molecule has 0 saturated carbocycles. The predicted octanol–water partition coefficient (Wildman–Crippen LogP) is 7.03. The molecule has 0 unspecified atom stereocenters. The van der Waals surface area contributed by atoms with Crippen molar-refractivity contribution in [1.29, 1.82) is 0 Å². The van der Waals surface area contributed by atoms with E-state index in [2.05, 4.69) is 50.0 Å². The van der Waals surface area contributed by atoms with Gasteiger partial charge in [0.15, 0.2) is 5.78 Å². The van der Waals surface area contributed by atoms with Crippen LogP contribution in [0.3, 0.4) is 0 Å². The molecule has 0 saturated heterocycles. The first-order valence-corrected chi connectivity index (χ1v) is 12.8. The molecular weight excluding hydrogens is 386 g/mol. The molecule has 0 spiro atoms. The zero-order valence-corrected chi connectivity index (χ0v) is 20.7. The van der Waals surface area contributed by atoms with Gasteiger partial charge in [-0.3, -0.25) is 9.59 Å². The molecule has 0 fully saturated rings. The highest BCUT2D eigenvalue weighted by Crippen LogP contribution is 2.09. The Balaban J connectivity index is 3.46. The van der Waals surface area contributed by atoms with Crippen LogP contribution in [0.1, 0.15) is 111 Å². The van der Waals surface area contributed by atoms with Crippen LogP contribution in [0.25, 0.3) is 0 Å². The number of hydrogen-bond donors (Lipinski definition) is 0. The lowest BCUT2D eigenvalue weighted by molar-refractivity contribution is -0.148. The van der Waals surface area contributed by atoms with Crippen LogP contribution in [0.5, 0.6) is 0 Å². The van der Waals surface area contributed by atoms with Gasteiger partial charge >= 0.3 is 5.97 Å². The Kier molecular flexibility index (Phi) is 22.2. The molecule has 0 aliphatic carbocycles. The maximum atomic E-state index is 11.9. The van der Waals surface area contributed by atoms with Crippen LogP contribution >= 0.6 is 0 Å². The standard InChI is InChI=1S/C27H49NO3/c1-4-7-8-9-10-11-12-13-14-15-16-17-18-19-20-22-26(29)25-31-27(30)23-21-24-28(5-2)6-3/h10-11,13-14H,4-9,12,15-25H2,1-3H3/b11-10-,14-13-. The van der Waals surface area contributed by atoms with Crippen molar-refractivity contribution >= 4 is 11.8 Å². The fraction of sp³-hybridized carbons (Fsp3) is 0.778. The molecule has 4 heteroatoms. The fourth-order valence-corrected chi connectivity index (χ4v) is 3.43. The maximum Gasteiger partial charge on any atom is 0.306 e. The zero-order chi connectivity index (χ0) is 23.0. The van der Waals surface area contributed by atoms with E-state index in [4.69, 9.17) is 4.74 Å². The number of nitrogens with zero attached hydrogens (tertiary/aromatic N) is 1. The van der Waals surface area contributed by atoms with Crippen molar-refractivity contribution in [2.45, 2.75) is 111 Å². The van der Waals surface area contributed by atoms with Crippen molar-refractivity contribution in [1.82, 2.24) is 4.90 Å². The van der Waals surface area contributed by atoms with E-state index in [0.29, 0.717) is 12.8 Å². The number of unbranched alkanes of at least 4 members (excludes halogenated alkanes) is 8. The molecule has 0 aliphatic heterocycles. The second kappa shape index (κ2) is 23.2. The number of ether oxygens (including phenoxy) is 1. The lowest BCUT2D eigenvalue weighted by atomic mass is 10.1. The van der Waals surface area contributed by atoms with Gasteiger partial charge in [-0.25, -0.2) is 0 Å². The summed E-state index contributed by atoms with van der Waals surface area (Å²) in [5.41, 5.74) is 0. The van der Waals surface area contributed by atoms with E-state index in [1.807, 2.05) is 0 Å². The first-order chi connectivity index (χ1) is 15.1.